The molecule has 1 atom stereocenters. The van der Waals surface area contributed by atoms with E-state index in [0.29, 0.717) is 6.04 Å². The number of anilines is 1. The molecule has 2 aliphatic heterocycles. The van der Waals surface area contributed by atoms with Gasteiger partial charge in [-0.3, -0.25) is 4.90 Å². The van der Waals surface area contributed by atoms with Crippen LogP contribution < -0.4 is 5.32 Å². The lowest BCUT2D eigenvalue weighted by molar-refractivity contribution is 0.0329. The van der Waals surface area contributed by atoms with Crippen molar-refractivity contribution in [2.75, 3.05) is 44.7 Å². The first-order valence-corrected chi connectivity index (χ1v) is 9.48. The minimum Gasteiger partial charge on any atom is -0.379 e. The molecule has 2 aliphatic rings. The van der Waals surface area contributed by atoms with E-state index in [4.69, 9.17) is 4.74 Å². The molecule has 1 aromatic carbocycles. The average molecular weight is 358 g/mol. The summed E-state index contributed by atoms with van der Waals surface area (Å²) in [4.78, 5) is 17.3. The predicted octanol–water partition coefficient (Wildman–Crippen LogP) is 2.07. The lowest BCUT2D eigenvalue weighted by atomic mass is 9.99. The second kappa shape index (κ2) is 8.01. The Labute approximate surface area is 152 Å². The fourth-order valence-electron chi connectivity index (χ4n) is 3.84. The van der Waals surface area contributed by atoms with Crippen molar-refractivity contribution in [3.63, 3.8) is 0 Å². The van der Waals surface area contributed by atoms with Gasteiger partial charge < -0.3 is 15.0 Å². The largest absolute Gasteiger partial charge is 0.379 e. The van der Waals surface area contributed by atoms with Crippen LogP contribution in [0.2, 0.25) is 0 Å². The Balaban J connectivity index is 1.37. The molecule has 0 unspecified atom stereocenters. The van der Waals surface area contributed by atoms with Crippen LogP contribution in [0.15, 0.2) is 18.2 Å². The molecule has 2 N–H and O–H groups in total. The summed E-state index contributed by atoms with van der Waals surface area (Å²) < 4.78 is 5.41. The van der Waals surface area contributed by atoms with Crippen molar-refractivity contribution in [2.45, 2.75) is 31.7 Å². The van der Waals surface area contributed by atoms with E-state index in [0.717, 1.165) is 75.4 Å². The number of hydrogen-bond acceptors (Lipinski definition) is 5. The summed E-state index contributed by atoms with van der Waals surface area (Å²) in [6, 6.07) is 5.88. The molecule has 2 aromatic rings. The number of amides is 2. The van der Waals surface area contributed by atoms with Crippen LogP contribution in [-0.4, -0.2) is 76.7 Å². The highest BCUT2D eigenvalue weighted by Gasteiger charge is 2.27. The number of aromatic nitrogens is 3. The third kappa shape index (κ3) is 3.96. The second-order valence-corrected chi connectivity index (χ2v) is 7.04. The van der Waals surface area contributed by atoms with Gasteiger partial charge in [0.15, 0.2) is 0 Å². The van der Waals surface area contributed by atoms with E-state index in [9.17, 15) is 4.79 Å². The van der Waals surface area contributed by atoms with Gasteiger partial charge in [0.05, 0.1) is 13.2 Å². The number of H-pyrrole nitrogens is 1. The number of rotatable bonds is 4. The SMILES string of the molecule is O=C(Nc1ccc2n[nH]nc2c1)N1CCCC[C@@H]1CCN1CCOCC1. The normalized spacial score (nSPS) is 21.8. The van der Waals surface area contributed by atoms with E-state index in [1.165, 1.54) is 6.42 Å². The zero-order valence-corrected chi connectivity index (χ0v) is 15.0. The summed E-state index contributed by atoms with van der Waals surface area (Å²) >= 11 is 0. The van der Waals surface area contributed by atoms with Crippen molar-refractivity contribution >= 4 is 22.8 Å². The van der Waals surface area contributed by atoms with E-state index < -0.39 is 0 Å². The minimum absolute atomic E-state index is 0.0143. The van der Waals surface area contributed by atoms with Crippen molar-refractivity contribution in [1.82, 2.24) is 25.2 Å². The highest BCUT2D eigenvalue weighted by molar-refractivity contribution is 5.92. The number of benzene rings is 1. The third-order valence-electron chi connectivity index (χ3n) is 5.34. The number of urea groups is 1. The Morgan fingerprint density at radius 2 is 2.04 bits per heavy atom. The predicted molar refractivity (Wildman–Crippen MR) is 99.1 cm³/mol. The first-order valence-electron chi connectivity index (χ1n) is 9.48. The van der Waals surface area contributed by atoms with E-state index in [1.807, 2.05) is 23.1 Å². The van der Waals surface area contributed by atoms with Gasteiger partial charge in [0.1, 0.15) is 11.0 Å². The fraction of sp³-hybridized carbons (Fsp3) is 0.611. The molecule has 2 saturated heterocycles. The number of hydrogen-bond donors (Lipinski definition) is 2. The molecule has 0 spiro atoms. The third-order valence-corrected chi connectivity index (χ3v) is 5.34. The number of aromatic amines is 1. The zero-order valence-electron chi connectivity index (χ0n) is 15.0. The van der Waals surface area contributed by atoms with Gasteiger partial charge in [0, 0.05) is 37.9 Å². The number of carbonyl (C=O) groups excluding carboxylic acids is 1. The van der Waals surface area contributed by atoms with Gasteiger partial charge in [-0.1, -0.05) is 0 Å². The van der Waals surface area contributed by atoms with Gasteiger partial charge >= 0.3 is 6.03 Å². The van der Waals surface area contributed by atoms with Gasteiger partial charge in [-0.05, 0) is 43.9 Å². The maximum atomic E-state index is 12.8. The Bertz CT molecular complexity index is 742. The molecular weight excluding hydrogens is 332 g/mol. The number of fused-ring (bicyclic) bond motifs is 1. The molecule has 0 radical (unpaired) electrons. The van der Waals surface area contributed by atoms with Crippen LogP contribution >= 0.6 is 0 Å². The average Bonchev–Trinajstić information content (AvgIpc) is 3.15. The maximum absolute atomic E-state index is 12.8. The molecular formula is C18H26N6O2. The summed E-state index contributed by atoms with van der Waals surface area (Å²) in [5.41, 5.74) is 2.31. The second-order valence-electron chi connectivity index (χ2n) is 7.04. The lowest BCUT2D eigenvalue weighted by Gasteiger charge is -2.37. The van der Waals surface area contributed by atoms with Gasteiger partial charge in [-0.25, -0.2) is 4.79 Å². The van der Waals surface area contributed by atoms with Crippen molar-refractivity contribution < 1.29 is 9.53 Å². The summed E-state index contributed by atoms with van der Waals surface area (Å²) in [7, 11) is 0. The van der Waals surface area contributed by atoms with Crippen LogP contribution in [-0.2, 0) is 4.74 Å². The van der Waals surface area contributed by atoms with Gasteiger partial charge in [0.2, 0.25) is 0 Å². The minimum atomic E-state index is -0.0143. The number of ether oxygens (including phenoxy) is 1. The maximum Gasteiger partial charge on any atom is 0.322 e. The van der Waals surface area contributed by atoms with E-state index in [1.54, 1.807) is 0 Å². The fourth-order valence-corrected chi connectivity index (χ4v) is 3.84. The summed E-state index contributed by atoms with van der Waals surface area (Å²) in [6.07, 6.45) is 4.38. The van der Waals surface area contributed by atoms with Crippen molar-refractivity contribution in [2.24, 2.45) is 0 Å². The molecule has 0 aliphatic carbocycles. The van der Waals surface area contributed by atoms with Gasteiger partial charge in [0.25, 0.3) is 0 Å². The van der Waals surface area contributed by atoms with E-state index in [2.05, 4.69) is 25.6 Å². The first-order chi connectivity index (χ1) is 12.8. The van der Waals surface area contributed by atoms with Crippen molar-refractivity contribution in [3.8, 4) is 0 Å². The van der Waals surface area contributed by atoms with Crippen LogP contribution in [0.3, 0.4) is 0 Å². The first kappa shape index (κ1) is 17.2. The summed E-state index contributed by atoms with van der Waals surface area (Å²) in [5.74, 6) is 0. The summed E-state index contributed by atoms with van der Waals surface area (Å²) in [6.45, 7) is 5.49. The van der Waals surface area contributed by atoms with Crippen molar-refractivity contribution in [3.05, 3.63) is 18.2 Å². The van der Waals surface area contributed by atoms with Gasteiger partial charge in [-0.15, -0.1) is 0 Å². The topological polar surface area (TPSA) is 86.4 Å². The molecule has 2 fully saturated rings. The molecule has 0 bridgehead atoms. The number of morpholine rings is 1. The summed E-state index contributed by atoms with van der Waals surface area (Å²) in [5, 5.41) is 13.7. The van der Waals surface area contributed by atoms with E-state index in [-0.39, 0.29) is 6.03 Å². The van der Waals surface area contributed by atoms with Crippen LogP contribution in [0.5, 0.6) is 0 Å². The highest BCUT2D eigenvalue weighted by atomic mass is 16.5. The smallest absolute Gasteiger partial charge is 0.322 e. The molecule has 26 heavy (non-hydrogen) atoms. The monoisotopic (exact) mass is 358 g/mol. The highest BCUT2D eigenvalue weighted by Crippen LogP contribution is 2.22. The number of nitrogens with one attached hydrogen (secondary N) is 2. The molecule has 2 amide bonds. The number of nitrogens with zero attached hydrogens (tertiary/aromatic N) is 4. The molecule has 8 nitrogen and oxygen atoms in total. The lowest BCUT2D eigenvalue weighted by Crippen LogP contribution is -2.48. The quantitative estimate of drug-likeness (QED) is 0.874. The molecule has 3 heterocycles. The van der Waals surface area contributed by atoms with Crippen molar-refractivity contribution in [1.29, 1.82) is 0 Å². The standard InChI is InChI=1S/C18H26N6O2/c25-18(19-14-4-5-16-17(13-14)21-22-20-16)24-7-2-1-3-15(24)6-8-23-9-11-26-12-10-23/h4-5,13,15H,1-3,6-12H2,(H,19,25)(H,20,21,22)/t15-/m1/s1. The molecule has 4 rings (SSSR count). The Morgan fingerprint density at radius 3 is 2.92 bits per heavy atom. The number of likely N-dealkylation sites (tertiary alicyclic amines) is 1. The zero-order chi connectivity index (χ0) is 17.8. The Kier molecular flexibility index (Phi) is 5.31. The van der Waals surface area contributed by atoms with Gasteiger partial charge in [-0.2, -0.15) is 15.4 Å². The molecule has 8 heteroatoms. The van der Waals surface area contributed by atoms with Crippen LogP contribution in [0.25, 0.3) is 11.0 Å². The number of carbonyl (C=O) groups is 1. The number of piperidine rings is 1. The van der Waals surface area contributed by atoms with Crippen LogP contribution in [0, 0.1) is 0 Å². The molecule has 1 aromatic heterocycles. The Morgan fingerprint density at radius 1 is 1.19 bits per heavy atom. The Hall–Kier alpha value is -2.19. The molecule has 0 saturated carbocycles. The van der Waals surface area contributed by atoms with E-state index >= 15 is 0 Å². The van der Waals surface area contributed by atoms with Crippen LogP contribution in [0.1, 0.15) is 25.7 Å². The molecule has 140 valence electrons. The van der Waals surface area contributed by atoms with Crippen LogP contribution in [0.4, 0.5) is 10.5 Å².